The molecule has 2 nitrogen and oxygen atoms in total. The number of aliphatic hydroxyl groups is 1. The molecule has 2 heteroatoms. The summed E-state index contributed by atoms with van der Waals surface area (Å²) in [6.07, 6.45) is 8.55. The van der Waals surface area contributed by atoms with Crippen molar-refractivity contribution in [1.82, 2.24) is 5.32 Å². The maximum atomic E-state index is 9.19. The normalized spacial score (nSPS) is 30.9. The highest BCUT2D eigenvalue weighted by atomic mass is 16.3. The van der Waals surface area contributed by atoms with Gasteiger partial charge in [0.05, 0.1) is 0 Å². The van der Waals surface area contributed by atoms with E-state index >= 15 is 0 Å². The molecule has 0 radical (unpaired) electrons. The molecule has 1 fully saturated rings. The largest absolute Gasteiger partial charge is 0.396 e. The van der Waals surface area contributed by atoms with Crippen LogP contribution in [0.2, 0.25) is 0 Å². The zero-order valence-corrected chi connectivity index (χ0v) is 11.6. The van der Waals surface area contributed by atoms with Crippen LogP contribution in [0.4, 0.5) is 0 Å². The van der Waals surface area contributed by atoms with E-state index in [-0.39, 0.29) is 0 Å². The molecule has 1 atom stereocenters. The third-order valence-corrected chi connectivity index (χ3v) is 4.92. The van der Waals surface area contributed by atoms with E-state index in [1.807, 2.05) is 0 Å². The van der Waals surface area contributed by atoms with Crippen LogP contribution in [0.15, 0.2) is 24.3 Å². The summed E-state index contributed by atoms with van der Waals surface area (Å²) in [6, 6.07) is 10.2. The molecule has 1 aromatic rings. The van der Waals surface area contributed by atoms with Gasteiger partial charge in [0, 0.05) is 18.7 Å². The van der Waals surface area contributed by atoms with Gasteiger partial charge < -0.3 is 10.4 Å². The van der Waals surface area contributed by atoms with Crippen LogP contribution in [0.5, 0.6) is 0 Å². The summed E-state index contributed by atoms with van der Waals surface area (Å²) in [6.45, 7) is 0.378. The van der Waals surface area contributed by atoms with E-state index in [4.69, 9.17) is 0 Å². The van der Waals surface area contributed by atoms with Gasteiger partial charge in [-0.3, -0.25) is 0 Å². The molecule has 0 amide bonds. The first-order valence-corrected chi connectivity index (χ1v) is 7.79. The van der Waals surface area contributed by atoms with Gasteiger partial charge in [-0.05, 0) is 62.0 Å². The Morgan fingerprint density at radius 3 is 2.42 bits per heavy atom. The Hall–Kier alpha value is -0.860. The molecular weight excluding hydrogens is 234 g/mol. The van der Waals surface area contributed by atoms with Gasteiger partial charge in [-0.1, -0.05) is 24.3 Å². The Morgan fingerprint density at radius 1 is 0.947 bits per heavy atom. The molecule has 2 aliphatic carbocycles. The number of fused-ring (bicyclic) bond motifs is 1. The summed E-state index contributed by atoms with van der Waals surface area (Å²) in [5, 5.41) is 13.0. The van der Waals surface area contributed by atoms with Gasteiger partial charge in [-0.25, -0.2) is 0 Å². The molecule has 0 heterocycles. The SMILES string of the molecule is OCC1CCC(N[C@@H]2CCc3ccccc3C2)CC1. The van der Waals surface area contributed by atoms with E-state index < -0.39 is 0 Å². The fourth-order valence-corrected chi connectivity index (χ4v) is 3.69. The topological polar surface area (TPSA) is 32.3 Å². The van der Waals surface area contributed by atoms with E-state index in [1.165, 1.54) is 50.5 Å². The van der Waals surface area contributed by atoms with Crippen molar-refractivity contribution in [2.75, 3.05) is 6.61 Å². The van der Waals surface area contributed by atoms with Crippen LogP contribution in [0.25, 0.3) is 0 Å². The lowest BCUT2D eigenvalue weighted by atomic mass is 9.84. The van der Waals surface area contributed by atoms with Crippen LogP contribution < -0.4 is 5.32 Å². The molecule has 0 aliphatic heterocycles. The van der Waals surface area contributed by atoms with Gasteiger partial charge in [0.1, 0.15) is 0 Å². The summed E-state index contributed by atoms with van der Waals surface area (Å²) in [7, 11) is 0. The molecule has 2 aliphatic rings. The second-order valence-corrected chi connectivity index (χ2v) is 6.28. The first-order valence-electron chi connectivity index (χ1n) is 7.79. The summed E-state index contributed by atoms with van der Waals surface area (Å²) in [5.41, 5.74) is 3.08. The zero-order chi connectivity index (χ0) is 13.1. The molecule has 0 aromatic heterocycles. The number of hydrogen-bond donors (Lipinski definition) is 2. The van der Waals surface area contributed by atoms with Crippen molar-refractivity contribution < 1.29 is 5.11 Å². The highest BCUT2D eigenvalue weighted by Gasteiger charge is 2.24. The molecule has 104 valence electrons. The van der Waals surface area contributed by atoms with Crippen LogP contribution in [-0.4, -0.2) is 23.8 Å². The number of aryl methyl sites for hydroxylation is 1. The van der Waals surface area contributed by atoms with Crippen molar-refractivity contribution in [3.8, 4) is 0 Å². The fraction of sp³-hybridized carbons (Fsp3) is 0.647. The molecule has 19 heavy (non-hydrogen) atoms. The lowest BCUT2D eigenvalue weighted by Crippen LogP contribution is -2.43. The Bertz CT molecular complexity index is 409. The molecule has 0 bridgehead atoms. The second kappa shape index (κ2) is 6.06. The van der Waals surface area contributed by atoms with Gasteiger partial charge in [-0.2, -0.15) is 0 Å². The minimum atomic E-state index is 0.378. The van der Waals surface area contributed by atoms with Crippen LogP contribution in [0.3, 0.4) is 0 Å². The Morgan fingerprint density at radius 2 is 1.68 bits per heavy atom. The number of aliphatic hydroxyl groups excluding tert-OH is 1. The van der Waals surface area contributed by atoms with Crippen LogP contribution in [-0.2, 0) is 12.8 Å². The fourth-order valence-electron chi connectivity index (χ4n) is 3.69. The van der Waals surface area contributed by atoms with Crippen molar-refractivity contribution in [3.05, 3.63) is 35.4 Å². The van der Waals surface area contributed by atoms with E-state index in [2.05, 4.69) is 29.6 Å². The van der Waals surface area contributed by atoms with E-state index in [1.54, 1.807) is 5.56 Å². The first-order chi connectivity index (χ1) is 9.35. The number of hydrogen-bond acceptors (Lipinski definition) is 2. The number of benzene rings is 1. The smallest absolute Gasteiger partial charge is 0.0459 e. The van der Waals surface area contributed by atoms with E-state index in [0.29, 0.717) is 24.6 Å². The van der Waals surface area contributed by atoms with Crippen LogP contribution >= 0.6 is 0 Å². The highest BCUT2D eigenvalue weighted by Crippen LogP contribution is 2.26. The summed E-state index contributed by atoms with van der Waals surface area (Å²) in [5.74, 6) is 0.560. The molecule has 1 aromatic carbocycles. The molecule has 0 saturated heterocycles. The second-order valence-electron chi connectivity index (χ2n) is 6.28. The average molecular weight is 259 g/mol. The lowest BCUT2D eigenvalue weighted by Gasteiger charge is -2.33. The maximum absolute atomic E-state index is 9.19. The third-order valence-electron chi connectivity index (χ3n) is 4.92. The minimum absolute atomic E-state index is 0.378. The lowest BCUT2D eigenvalue weighted by molar-refractivity contribution is 0.170. The Kier molecular flexibility index (Phi) is 4.19. The monoisotopic (exact) mass is 259 g/mol. The average Bonchev–Trinajstić information content (AvgIpc) is 2.48. The first kappa shape index (κ1) is 13.1. The van der Waals surface area contributed by atoms with E-state index in [0.717, 1.165) is 0 Å². The summed E-state index contributed by atoms with van der Waals surface area (Å²) >= 11 is 0. The summed E-state index contributed by atoms with van der Waals surface area (Å²) < 4.78 is 0. The molecule has 1 saturated carbocycles. The maximum Gasteiger partial charge on any atom is 0.0459 e. The van der Waals surface area contributed by atoms with Gasteiger partial charge in [0.15, 0.2) is 0 Å². The zero-order valence-electron chi connectivity index (χ0n) is 11.6. The van der Waals surface area contributed by atoms with Gasteiger partial charge in [0.25, 0.3) is 0 Å². The van der Waals surface area contributed by atoms with Crippen molar-refractivity contribution in [2.24, 2.45) is 5.92 Å². The van der Waals surface area contributed by atoms with Crippen LogP contribution in [0.1, 0.15) is 43.2 Å². The van der Waals surface area contributed by atoms with Crippen molar-refractivity contribution in [1.29, 1.82) is 0 Å². The molecule has 3 rings (SSSR count). The van der Waals surface area contributed by atoms with Gasteiger partial charge >= 0.3 is 0 Å². The van der Waals surface area contributed by atoms with Gasteiger partial charge in [0.2, 0.25) is 0 Å². The standard InChI is InChI=1S/C17H25NO/c19-12-13-5-8-16(9-6-13)18-17-10-7-14-3-1-2-4-15(14)11-17/h1-4,13,16-19H,5-12H2/t13?,16?,17-/m1/s1. The predicted molar refractivity (Wildman–Crippen MR) is 78.2 cm³/mol. The van der Waals surface area contributed by atoms with Crippen molar-refractivity contribution >= 4 is 0 Å². The highest BCUT2D eigenvalue weighted by molar-refractivity contribution is 5.30. The van der Waals surface area contributed by atoms with E-state index in [9.17, 15) is 5.11 Å². The third kappa shape index (κ3) is 3.18. The molecule has 0 unspecified atom stereocenters. The Balaban J connectivity index is 1.52. The molecule has 0 spiro atoms. The summed E-state index contributed by atoms with van der Waals surface area (Å²) in [4.78, 5) is 0. The molecular formula is C17H25NO. The quantitative estimate of drug-likeness (QED) is 0.874. The van der Waals surface area contributed by atoms with Crippen LogP contribution in [0, 0.1) is 5.92 Å². The molecule has 2 N–H and O–H groups in total. The minimum Gasteiger partial charge on any atom is -0.396 e. The van der Waals surface area contributed by atoms with Crippen molar-refractivity contribution in [3.63, 3.8) is 0 Å². The Labute approximate surface area is 116 Å². The number of rotatable bonds is 3. The predicted octanol–water partition coefficient (Wildman–Crippen LogP) is 2.68. The number of nitrogens with one attached hydrogen (secondary N) is 1. The van der Waals surface area contributed by atoms with Crippen molar-refractivity contribution in [2.45, 2.75) is 57.0 Å². The van der Waals surface area contributed by atoms with Gasteiger partial charge in [-0.15, -0.1) is 0 Å².